The smallest absolute Gasteiger partial charge is 0.300 e. The van der Waals surface area contributed by atoms with Gasteiger partial charge in [0.15, 0.2) is 11.5 Å². The minimum absolute atomic E-state index is 0.0177. The van der Waals surface area contributed by atoms with E-state index in [9.17, 15) is 23.1 Å². The molecule has 1 atom stereocenters. The van der Waals surface area contributed by atoms with Gasteiger partial charge in [0, 0.05) is 5.69 Å². The molecule has 0 spiro atoms. The Bertz CT molecular complexity index is 1540. The van der Waals surface area contributed by atoms with E-state index in [0.29, 0.717) is 5.56 Å². The van der Waals surface area contributed by atoms with E-state index in [4.69, 9.17) is 37.8 Å². The van der Waals surface area contributed by atoms with Crippen molar-refractivity contribution in [2.24, 2.45) is 5.14 Å². The quantitative estimate of drug-likeness (QED) is 0.260. The highest BCUT2D eigenvalue weighted by atomic mass is 35.5. The lowest BCUT2D eigenvalue weighted by Gasteiger charge is -2.25. The van der Waals surface area contributed by atoms with Crippen molar-refractivity contribution < 1.29 is 32.6 Å². The highest BCUT2D eigenvalue weighted by Crippen LogP contribution is 2.48. The van der Waals surface area contributed by atoms with Gasteiger partial charge in [-0.25, -0.2) is 13.6 Å². The Hall–Kier alpha value is -3.57. The lowest BCUT2D eigenvalue weighted by atomic mass is 9.94. The number of benzene rings is 3. The van der Waals surface area contributed by atoms with Crippen LogP contribution in [0.5, 0.6) is 11.5 Å². The summed E-state index contributed by atoms with van der Waals surface area (Å²) in [5, 5.41) is 16.6. The molecule has 1 fully saturated rings. The lowest BCUT2D eigenvalue weighted by Crippen LogP contribution is -2.29. The number of Topliss-reactive ketones (excluding diaryl/α,β-unsaturated/α-hetero) is 1. The molecule has 3 aromatic rings. The van der Waals surface area contributed by atoms with E-state index in [1.54, 1.807) is 30.3 Å². The highest BCUT2D eigenvalue weighted by molar-refractivity contribution is 7.89. The molecule has 37 heavy (non-hydrogen) atoms. The number of ketones is 1. The van der Waals surface area contributed by atoms with Crippen LogP contribution in [-0.2, 0) is 19.6 Å². The molecule has 12 heteroatoms. The molecule has 9 nitrogen and oxygen atoms in total. The van der Waals surface area contributed by atoms with Gasteiger partial charge in [-0.15, -0.1) is 0 Å². The molecule has 0 aromatic heterocycles. The van der Waals surface area contributed by atoms with Gasteiger partial charge in [-0.05, 0) is 35.9 Å². The Morgan fingerprint density at radius 3 is 2.11 bits per heavy atom. The van der Waals surface area contributed by atoms with Gasteiger partial charge in [-0.3, -0.25) is 14.5 Å². The van der Waals surface area contributed by atoms with Crippen LogP contribution in [0, 0.1) is 0 Å². The number of amides is 1. The first kappa shape index (κ1) is 26.5. The predicted molar refractivity (Wildman–Crippen MR) is 139 cm³/mol. The van der Waals surface area contributed by atoms with Crippen LogP contribution >= 0.6 is 23.2 Å². The second kappa shape index (κ2) is 10.1. The molecule has 4 rings (SSSR count). The van der Waals surface area contributed by atoms with Crippen LogP contribution in [0.2, 0.25) is 10.0 Å². The van der Waals surface area contributed by atoms with Gasteiger partial charge < -0.3 is 14.6 Å². The van der Waals surface area contributed by atoms with E-state index in [1.807, 2.05) is 0 Å². The maximum atomic E-state index is 13.3. The molecule has 0 aliphatic carbocycles. The van der Waals surface area contributed by atoms with Crippen molar-refractivity contribution in [3.8, 4) is 11.5 Å². The van der Waals surface area contributed by atoms with Crippen molar-refractivity contribution in [2.45, 2.75) is 10.9 Å². The molecular weight excluding hydrogens is 543 g/mol. The van der Waals surface area contributed by atoms with Gasteiger partial charge in [-0.1, -0.05) is 53.5 Å². The molecule has 0 bridgehead atoms. The summed E-state index contributed by atoms with van der Waals surface area (Å²) in [6.45, 7) is 0. The maximum Gasteiger partial charge on any atom is 0.300 e. The van der Waals surface area contributed by atoms with Crippen molar-refractivity contribution in [1.29, 1.82) is 0 Å². The van der Waals surface area contributed by atoms with Crippen molar-refractivity contribution >= 4 is 56.4 Å². The first-order valence-electron chi connectivity index (χ1n) is 10.6. The van der Waals surface area contributed by atoms with Crippen molar-refractivity contribution in [1.82, 2.24) is 0 Å². The summed E-state index contributed by atoms with van der Waals surface area (Å²) in [6.07, 6.45) is 0. The number of halogens is 2. The topological polar surface area (TPSA) is 136 Å². The monoisotopic (exact) mass is 562 g/mol. The fourth-order valence-electron chi connectivity index (χ4n) is 4.14. The summed E-state index contributed by atoms with van der Waals surface area (Å²) < 4.78 is 33.9. The average molecular weight is 563 g/mol. The van der Waals surface area contributed by atoms with Crippen LogP contribution < -0.4 is 19.5 Å². The molecule has 1 unspecified atom stereocenters. The summed E-state index contributed by atoms with van der Waals surface area (Å²) in [5.74, 6) is -2.41. The molecule has 3 N–H and O–H groups in total. The van der Waals surface area contributed by atoms with Crippen LogP contribution in [0.1, 0.15) is 17.2 Å². The summed E-state index contributed by atoms with van der Waals surface area (Å²) in [7, 11) is -1.32. The molecule has 192 valence electrons. The molecule has 1 amide bonds. The van der Waals surface area contributed by atoms with Gasteiger partial charge in [-0.2, -0.15) is 0 Å². The number of nitrogens with two attached hydrogens (primary N) is 1. The zero-order valence-electron chi connectivity index (χ0n) is 19.4. The van der Waals surface area contributed by atoms with Crippen LogP contribution in [0.3, 0.4) is 0 Å². The third kappa shape index (κ3) is 4.64. The molecular formula is C25H20Cl2N2O7S. The first-order chi connectivity index (χ1) is 17.5. The van der Waals surface area contributed by atoms with Gasteiger partial charge in [0.05, 0.1) is 41.3 Å². The fourth-order valence-corrected chi connectivity index (χ4v) is 5.34. The third-order valence-electron chi connectivity index (χ3n) is 5.80. The van der Waals surface area contributed by atoms with Gasteiger partial charge in [0.2, 0.25) is 10.0 Å². The number of hydrogen-bond acceptors (Lipinski definition) is 7. The zero-order valence-corrected chi connectivity index (χ0v) is 21.8. The van der Waals surface area contributed by atoms with Crippen molar-refractivity contribution in [3.63, 3.8) is 0 Å². The largest absolute Gasteiger partial charge is 0.507 e. The number of primary sulfonamides is 1. The number of methoxy groups -OCH3 is 2. The van der Waals surface area contributed by atoms with E-state index in [-0.39, 0.29) is 43.3 Å². The summed E-state index contributed by atoms with van der Waals surface area (Å²) >= 11 is 12.7. The minimum Gasteiger partial charge on any atom is -0.507 e. The molecule has 1 heterocycles. The van der Waals surface area contributed by atoms with Crippen LogP contribution in [-0.4, -0.2) is 39.4 Å². The Morgan fingerprint density at radius 1 is 0.973 bits per heavy atom. The Labute approximate surface area is 222 Å². The van der Waals surface area contributed by atoms with Gasteiger partial charge in [0.25, 0.3) is 11.7 Å². The van der Waals surface area contributed by atoms with Crippen LogP contribution in [0.15, 0.2) is 71.1 Å². The molecule has 1 aliphatic rings. The molecule has 1 aliphatic heterocycles. The minimum atomic E-state index is -3.98. The normalized spacial score (nSPS) is 17.2. The summed E-state index contributed by atoms with van der Waals surface area (Å²) in [4.78, 5) is 27.6. The van der Waals surface area contributed by atoms with Gasteiger partial charge >= 0.3 is 0 Å². The number of anilines is 1. The van der Waals surface area contributed by atoms with E-state index in [2.05, 4.69) is 0 Å². The number of aliphatic hydroxyl groups is 1. The van der Waals surface area contributed by atoms with Crippen LogP contribution in [0.4, 0.5) is 5.69 Å². The number of carbonyl (C=O) groups is 2. The standard InChI is InChI=1S/C25H20Cl2N2O7S/c1-35-23-16(12-17(26)24(36-2)19(23)27)21(30)18-20(13-6-4-3-5-7-13)29(25(32)22(18)31)14-8-10-15(11-9-14)37(28,33)34/h3-12,20,30H,1-2H3,(H2,28,33,34)/b21-18+. The molecule has 3 aromatic carbocycles. The van der Waals surface area contributed by atoms with Gasteiger partial charge in [0.1, 0.15) is 10.8 Å². The summed E-state index contributed by atoms with van der Waals surface area (Å²) in [6, 6.07) is 13.9. The Morgan fingerprint density at radius 2 is 1.57 bits per heavy atom. The Balaban J connectivity index is 1.98. The second-order valence-electron chi connectivity index (χ2n) is 7.91. The zero-order chi connectivity index (χ0) is 27.1. The van der Waals surface area contributed by atoms with E-state index < -0.39 is 33.5 Å². The van der Waals surface area contributed by atoms with E-state index in [1.165, 1.54) is 44.6 Å². The average Bonchev–Trinajstić information content (AvgIpc) is 3.14. The van der Waals surface area contributed by atoms with Crippen molar-refractivity contribution in [2.75, 3.05) is 19.1 Å². The first-order valence-corrected chi connectivity index (χ1v) is 12.9. The lowest BCUT2D eigenvalue weighted by molar-refractivity contribution is -0.132. The summed E-state index contributed by atoms with van der Waals surface area (Å²) in [5.41, 5.74) is 0.438. The highest BCUT2D eigenvalue weighted by Gasteiger charge is 2.47. The Kier molecular flexibility index (Phi) is 7.20. The van der Waals surface area contributed by atoms with Crippen molar-refractivity contribution in [3.05, 3.63) is 87.4 Å². The van der Waals surface area contributed by atoms with Crippen LogP contribution in [0.25, 0.3) is 5.76 Å². The third-order valence-corrected chi connectivity index (χ3v) is 7.35. The molecule has 0 radical (unpaired) electrons. The number of nitrogens with zero attached hydrogens (tertiary/aromatic N) is 1. The number of aliphatic hydroxyl groups excluding tert-OH is 1. The SMILES string of the molecule is COc1c(Cl)cc(/C(O)=C2\C(=O)C(=O)N(c3ccc(S(N)(=O)=O)cc3)C2c2ccccc2)c(OC)c1Cl. The number of sulfonamides is 1. The second-order valence-corrected chi connectivity index (χ2v) is 10.3. The number of rotatable bonds is 6. The number of carbonyl (C=O) groups excluding carboxylic acids is 2. The fraction of sp³-hybridized carbons (Fsp3) is 0.120. The number of ether oxygens (including phenoxy) is 2. The van der Waals surface area contributed by atoms with E-state index >= 15 is 0 Å². The number of hydrogen-bond donors (Lipinski definition) is 2. The van der Waals surface area contributed by atoms with E-state index in [0.717, 1.165) is 4.90 Å². The predicted octanol–water partition coefficient (Wildman–Crippen LogP) is 4.28. The maximum absolute atomic E-state index is 13.3. The molecule has 0 saturated carbocycles. The molecule has 1 saturated heterocycles.